The third-order valence-corrected chi connectivity index (χ3v) is 12.1. The molecule has 2 bridgehead atoms. The smallest absolute Gasteiger partial charge is 0.306 e. The predicted molar refractivity (Wildman–Crippen MR) is 207 cm³/mol. The largest absolute Gasteiger partial charge is 0.463 e. The molecule has 0 aliphatic carbocycles. The SMILES string of the molecule is C=CCCC(=O)OC[C@@H](NC(=O)[C@@H]1[C@H]2O[C@@]3(CC2Br)[C@H](C(=O)N(CC=C)c2ccc4ccccc4c2)N([C@@H](CO)[C@@H](C)CC)C(=O)[C@@H]13)c1ccccc1. The molecule has 280 valence electrons. The van der Waals surface area contributed by atoms with Crippen LogP contribution >= 0.6 is 15.9 Å². The number of allylic oxidation sites excluding steroid dienone is 1. The standard InChI is InChI=1S/C42H48BrN3O7/c1-5-8-18-34(48)52-25-32(28-15-10-9-11-16-28)44-39(49)35-36-40(50)46(33(24-47)26(4)7-3)38(42(36)23-31(43)37(35)53-42)41(51)45(21-6-2)30-20-19-27-14-12-13-17-29(27)22-30/h5-6,9-17,19-20,22,26,31-33,35-38,47H,1-2,7-8,18,21,23-25H2,3-4H3,(H,44,49)/t26-,31?,32+,33-,35-,36+,37-,38-,42+/m0/s1. The number of halogens is 1. The highest BCUT2D eigenvalue weighted by atomic mass is 79.9. The second-order valence-corrected chi connectivity index (χ2v) is 15.5. The van der Waals surface area contributed by atoms with Crippen molar-refractivity contribution in [1.82, 2.24) is 10.2 Å². The summed E-state index contributed by atoms with van der Waals surface area (Å²) >= 11 is 3.77. The van der Waals surface area contributed by atoms with Crippen molar-refractivity contribution in [3.63, 3.8) is 0 Å². The van der Waals surface area contributed by atoms with Gasteiger partial charge in [0.25, 0.3) is 5.91 Å². The van der Waals surface area contributed by atoms with Crippen molar-refractivity contribution >= 4 is 56.1 Å². The first kappa shape index (κ1) is 38.4. The van der Waals surface area contributed by atoms with Gasteiger partial charge in [0, 0.05) is 23.5 Å². The van der Waals surface area contributed by atoms with Gasteiger partial charge in [-0.05, 0) is 47.2 Å². The molecule has 1 spiro atoms. The number of nitrogens with zero attached hydrogens (tertiary/aromatic N) is 2. The highest BCUT2D eigenvalue weighted by molar-refractivity contribution is 9.09. The Morgan fingerprint density at radius 3 is 2.49 bits per heavy atom. The van der Waals surface area contributed by atoms with E-state index in [4.69, 9.17) is 9.47 Å². The number of aliphatic hydroxyl groups excluding tert-OH is 1. The van der Waals surface area contributed by atoms with Crippen LogP contribution < -0.4 is 10.2 Å². The van der Waals surface area contributed by atoms with Crippen molar-refractivity contribution in [1.29, 1.82) is 0 Å². The molecule has 3 aromatic rings. The van der Waals surface area contributed by atoms with Gasteiger partial charge in [0.2, 0.25) is 11.8 Å². The Hall–Kier alpha value is -4.32. The summed E-state index contributed by atoms with van der Waals surface area (Å²) in [6.07, 6.45) is 4.16. The minimum Gasteiger partial charge on any atom is -0.463 e. The number of benzene rings is 3. The summed E-state index contributed by atoms with van der Waals surface area (Å²) < 4.78 is 12.4. The number of alkyl halides is 1. The first-order valence-electron chi connectivity index (χ1n) is 18.4. The summed E-state index contributed by atoms with van der Waals surface area (Å²) in [5, 5.41) is 15.9. The molecule has 6 rings (SSSR count). The third kappa shape index (κ3) is 7.18. The number of ether oxygens (including phenoxy) is 2. The summed E-state index contributed by atoms with van der Waals surface area (Å²) in [6.45, 7) is 11.2. The van der Waals surface area contributed by atoms with E-state index in [1.807, 2.05) is 86.6 Å². The normalized spacial score (nSPS) is 26.1. The van der Waals surface area contributed by atoms with Gasteiger partial charge in [-0.1, -0.05) is 109 Å². The first-order valence-corrected chi connectivity index (χ1v) is 19.3. The van der Waals surface area contributed by atoms with Crippen LogP contribution in [0.4, 0.5) is 5.69 Å². The van der Waals surface area contributed by atoms with Gasteiger partial charge in [-0.2, -0.15) is 0 Å². The lowest BCUT2D eigenvalue weighted by Crippen LogP contribution is -2.60. The number of rotatable bonds is 16. The quantitative estimate of drug-likeness (QED) is 0.106. The summed E-state index contributed by atoms with van der Waals surface area (Å²) in [5.74, 6) is -3.74. The molecule has 3 fully saturated rings. The van der Waals surface area contributed by atoms with Crippen LogP contribution in [0.15, 0.2) is 98.1 Å². The van der Waals surface area contributed by atoms with Crippen molar-refractivity contribution in [2.75, 3.05) is 24.7 Å². The number of carbonyl (C=O) groups excluding carboxylic acids is 4. The molecular weight excluding hydrogens is 738 g/mol. The number of fused-ring (bicyclic) bond motifs is 2. The van der Waals surface area contributed by atoms with E-state index in [-0.39, 0.29) is 42.8 Å². The number of esters is 1. The van der Waals surface area contributed by atoms with Crippen LogP contribution in [0, 0.1) is 17.8 Å². The lowest BCUT2D eigenvalue weighted by molar-refractivity contribution is -0.147. The molecule has 1 unspecified atom stereocenters. The van der Waals surface area contributed by atoms with Crippen LogP contribution in [0.5, 0.6) is 0 Å². The fraction of sp³-hybridized carbons (Fsp3) is 0.429. The van der Waals surface area contributed by atoms with Gasteiger partial charge in [0.15, 0.2) is 0 Å². The van der Waals surface area contributed by atoms with E-state index in [9.17, 15) is 19.5 Å². The molecule has 9 atom stereocenters. The van der Waals surface area contributed by atoms with E-state index in [2.05, 4.69) is 34.4 Å². The number of carbonyl (C=O) groups is 4. The van der Waals surface area contributed by atoms with Crippen LogP contribution in [0.25, 0.3) is 10.8 Å². The average Bonchev–Trinajstić information content (AvgIpc) is 3.77. The molecule has 3 saturated heterocycles. The molecule has 0 radical (unpaired) electrons. The maximum Gasteiger partial charge on any atom is 0.306 e. The molecule has 3 heterocycles. The van der Waals surface area contributed by atoms with Gasteiger partial charge in [0.05, 0.1) is 36.6 Å². The maximum atomic E-state index is 15.2. The molecule has 53 heavy (non-hydrogen) atoms. The molecule has 10 nitrogen and oxygen atoms in total. The van der Waals surface area contributed by atoms with E-state index in [0.29, 0.717) is 24.9 Å². The Kier molecular flexibility index (Phi) is 11.9. The molecule has 11 heteroatoms. The zero-order valence-corrected chi connectivity index (χ0v) is 31.8. The third-order valence-electron chi connectivity index (χ3n) is 11.2. The minimum absolute atomic E-state index is 0.110. The van der Waals surface area contributed by atoms with Crippen molar-refractivity contribution < 1.29 is 33.8 Å². The summed E-state index contributed by atoms with van der Waals surface area (Å²) in [4.78, 5) is 60.0. The van der Waals surface area contributed by atoms with Crippen molar-refractivity contribution in [3.8, 4) is 0 Å². The van der Waals surface area contributed by atoms with Crippen LogP contribution in [0.2, 0.25) is 0 Å². The van der Waals surface area contributed by atoms with Gasteiger partial charge < -0.3 is 29.7 Å². The zero-order chi connectivity index (χ0) is 37.9. The number of amides is 3. The van der Waals surface area contributed by atoms with Crippen LogP contribution in [-0.2, 0) is 28.7 Å². The lowest BCUT2D eigenvalue weighted by atomic mass is 9.70. The average molecular weight is 787 g/mol. The number of likely N-dealkylation sites (tertiary alicyclic amines) is 1. The molecule has 3 aromatic carbocycles. The second-order valence-electron chi connectivity index (χ2n) is 14.3. The summed E-state index contributed by atoms with van der Waals surface area (Å²) in [5.41, 5.74) is 0.00741. The highest BCUT2D eigenvalue weighted by Gasteiger charge is 2.77. The number of anilines is 1. The number of hydrogen-bond acceptors (Lipinski definition) is 7. The Bertz CT molecular complexity index is 1850. The molecule has 0 saturated carbocycles. The molecule has 3 amide bonds. The number of aliphatic hydroxyl groups is 1. The first-order chi connectivity index (χ1) is 25.6. The zero-order valence-electron chi connectivity index (χ0n) is 30.2. The van der Waals surface area contributed by atoms with E-state index in [0.717, 1.165) is 16.3 Å². The van der Waals surface area contributed by atoms with E-state index < -0.39 is 59.5 Å². The fourth-order valence-corrected chi connectivity index (χ4v) is 9.35. The lowest BCUT2D eigenvalue weighted by Gasteiger charge is -2.41. The van der Waals surface area contributed by atoms with Gasteiger partial charge in [0.1, 0.15) is 18.2 Å². The number of nitrogens with one attached hydrogen (secondary N) is 1. The number of hydrogen-bond donors (Lipinski definition) is 2. The van der Waals surface area contributed by atoms with E-state index in [1.54, 1.807) is 17.1 Å². The second kappa shape index (κ2) is 16.4. The Labute approximate surface area is 319 Å². The van der Waals surface area contributed by atoms with Crippen molar-refractivity contribution in [2.45, 2.75) is 74.2 Å². The Morgan fingerprint density at radius 2 is 1.81 bits per heavy atom. The van der Waals surface area contributed by atoms with Gasteiger partial charge in [-0.15, -0.1) is 13.2 Å². The predicted octanol–water partition coefficient (Wildman–Crippen LogP) is 5.88. The van der Waals surface area contributed by atoms with E-state index >= 15 is 4.79 Å². The van der Waals surface area contributed by atoms with Gasteiger partial charge >= 0.3 is 5.97 Å². The summed E-state index contributed by atoms with van der Waals surface area (Å²) in [6, 6.07) is 20.3. The highest BCUT2D eigenvalue weighted by Crippen LogP contribution is 2.61. The Morgan fingerprint density at radius 1 is 1.09 bits per heavy atom. The van der Waals surface area contributed by atoms with Crippen molar-refractivity contribution in [2.24, 2.45) is 17.8 Å². The molecule has 3 aliphatic rings. The molecular formula is C42H48BrN3O7. The minimum atomic E-state index is -1.36. The van der Waals surface area contributed by atoms with Gasteiger partial charge in [-0.3, -0.25) is 19.2 Å². The monoisotopic (exact) mass is 785 g/mol. The van der Waals surface area contributed by atoms with Crippen LogP contribution in [0.1, 0.15) is 51.1 Å². The molecule has 2 N–H and O–H groups in total. The summed E-state index contributed by atoms with van der Waals surface area (Å²) in [7, 11) is 0. The topological polar surface area (TPSA) is 125 Å². The van der Waals surface area contributed by atoms with Crippen LogP contribution in [-0.4, -0.2) is 82.1 Å². The van der Waals surface area contributed by atoms with E-state index in [1.165, 1.54) is 4.90 Å². The molecule has 3 aliphatic heterocycles. The molecule has 0 aromatic heterocycles. The van der Waals surface area contributed by atoms with Gasteiger partial charge in [-0.25, -0.2) is 0 Å². The Balaban J connectivity index is 1.38. The fourth-order valence-electron chi connectivity index (χ4n) is 8.40. The van der Waals surface area contributed by atoms with Crippen LogP contribution in [0.3, 0.4) is 0 Å². The van der Waals surface area contributed by atoms with Crippen molar-refractivity contribution in [3.05, 3.63) is 104 Å². The maximum absolute atomic E-state index is 15.2.